The average molecular weight is 99.1 g/mol. The summed E-state index contributed by atoms with van der Waals surface area (Å²) in [6, 6.07) is 0. The van der Waals surface area contributed by atoms with E-state index < -0.39 is 0 Å². The van der Waals surface area contributed by atoms with Gasteiger partial charge in [0.1, 0.15) is 0 Å². The van der Waals surface area contributed by atoms with Gasteiger partial charge >= 0.3 is 0 Å². The van der Waals surface area contributed by atoms with Crippen LogP contribution in [0, 0.1) is 30.6 Å². The third-order valence-corrected chi connectivity index (χ3v) is 1.05. The molecule has 0 spiro atoms. The second-order valence-electron chi connectivity index (χ2n) is 1.62. The Bertz CT molecular complexity index is 195. The number of allylic oxidation sites excluding steroid dienone is 2. The molecule has 1 aliphatic carbocycles. The highest BCUT2D eigenvalue weighted by molar-refractivity contribution is 5.49. The first-order chi connectivity index (χ1) is 3.86. The summed E-state index contributed by atoms with van der Waals surface area (Å²) in [6.45, 7) is 0. The summed E-state index contributed by atoms with van der Waals surface area (Å²) in [5.74, 6) is 5.33. The van der Waals surface area contributed by atoms with Crippen LogP contribution in [0.5, 0.6) is 0 Å². The van der Waals surface area contributed by atoms with E-state index in [2.05, 4.69) is 11.8 Å². The Kier molecular flexibility index (Phi) is 1.03. The second-order valence-corrected chi connectivity index (χ2v) is 1.62. The van der Waals surface area contributed by atoms with E-state index in [0.717, 1.165) is 11.5 Å². The Morgan fingerprint density at radius 2 is 2.25 bits per heavy atom. The molecule has 36 valence electrons. The largest absolute Gasteiger partial charge is 0.344 e. The maximum absolute atomic E-state index is 6.60. The molecule has 8 heavy (non-hydrogen) atoms. The lowest BCUT2D eigenvalue weighted by atomic mass is 9.88. The molecule has 0 aromatic rings. The van der Waals surface area contributed by atoms with Crippen molar-refractivity contribution in [2.24, 2.45) is 0 Å². The molecule has 0 fully saturated rings. The molecule has 0 unspecified atom stereocenters. The highest BCUT2D eigenvalue weighted by Gasteiger charge is 2.12. The van der Waals surface area contributed by atoms with Crippen LogP contribution in [0.1, 0.15) is 6.42 Å². The SMILES string of the molecule is [C-]#CC1=C[C+](C#[C-])C1. The molecule has 0 heteroatoms. The van der Waals surface area contributed by atoms with Crippen LogP contribution in [0.15, 0.2) is 11.6 Å². The minimum absolute atomic E-state index is 0.701. The Morgan fingerprint density at radius 3 is 2.62 bits per heavy atom. The van der Waals surface area contributed by atoms with Gasteiger partial charge in [0.15, 0.2) is 0 Å². The van der Waals surface area contributed by atoms with Crippen molar-refractivity contribution >= 4 is 0 Å². The number of rotatable bonds is 0. The highest BCUT2D eigenvalue weighted by Crippen LogP contribution is 2.25. The van der Waals surface area contributed by atoms with Gasteiger partial charge in [0.2, 0.25) is 0 Å². The Hall–Kier alpha value is -1.27. The molecule has 1 aliphatic rings. The van der Waals surface area contributed by atoms with E-state index in [-0.39, 0.29) is 0 Å². The van der Waals surface area contributed by atoms with E-state index in [1.54, 1.807) is 6.08 Å². The zero-order chi connectivity index (χ0) is 5.98. The predicted octanol–water partition coefficient (Wildman–Crippen LogP) is 1.07. The molecular weight excluding hydrogens is 96.1 g/mol. The van der Waals surface area contributed by atoms with Gasteiger partial charge in [-0.25, -0.2) is 0 Å². The maximum Gasteiger partial charge on any atom is 0.0118 e. The van der Waals surface area contributed by atoms with Crippen LogP contribution in [0.25, 0.3) is 0 Å². The van der Waals surface area contributed by atoms with Crippen LogP contribution < -0.4 is 0 Å². The van der Waals surface area contributed by atoms with Gasteiger partial charge in [0.05, 0.1) is 0 Å². The quantitative estimate of drug-likeness (QED) is 0.315. The van der Waals surface area contributed by atoms with Gasteiger partial charge in [0.25, 0.3) is 0 Å². The normalized spacial score (nSPS) is 15.2. The summed E-state index contributed by atoms with van der Waals surface area (Å²) in [4.78, 5) is 0. The van der Waals surface area contributed by atoms with Crippen molar-refractivity contribution in [2.45, 2.75) is 6.42 Å². The van der Waals surface area contributed by atoms with Crippen LogP contribution in [-0.4, -0.2) is 0 Å². The van der Waals surface area contributed by atoms with Crippen molar-refractivity contribution in [1.82, 2.24) is 0 Å². The van der Waals surface area contributed by atoms with E-state index >= 15 is 0 Å². The van der Waals surface area contributed by atoms with E-state index in [1.165, 1.54) is 0 Å². The summed E-state index contributed by atoms with van der Waals surface area (Å²) in [7, 11) is 0. The van der Waals surface area contributed by atoms with Crippen molar-refractivity contribution < 1.29 is 0 Å². The molecular formula is C8H3-. The molecule has 0 aromatic heterocycles. The smallest absolute Gasteiger partial charge is 0.0118 e. The van der Waals surface area contributed by atoms with Gasteiger partial charge in [-0.3, -0.25) is 0 Å². The standard InChI is InChI=1S/C8H3/c1-3-7-5-8(4-2)6-7/h5H,6H2/q-1. The molecule has 0 heterocycles. The summed E-state index contributed by atoms with van der Waals surface area (Å²) in [6.07, 6.45) is 15.6. The Morgan fingerprint density at radius 1 is 1.62 bits per heavy atom. The van der Waals surface area contributed by atoms with Crippen molar-refractivity contribution in [3.05, 3.63) is 30.4 Å². The number of hydrogen-bond acceptors (Lipinski definition) is 0. The summed E-state index contributed by atoms with van der Waals surface area (Å²) < 4.78 is 0. The molecule has 0 amide bonds. The van der Waals surface area contributed by atoms with Crippen LogP contribution in [-0.2, 0) is 0 Å². The van der Waals surface area contributed by atoms with Gasteiger partial charge in [-0.05, 0) is 18.1 Å². The van der Waals surface area contributed by atoms with Crippen LogP contribution in [0.3, 0.4) is 0 Å². The van der Waals surface area contributed by atoms with Gasteiger partial charge in [-0.2, -0.15) is 5.92 Å². The Balaban J connectivity index is 2.57. The molecule has 0 bridgehead atoms. The molecule has 1 rings (SSSR count). The minimum atomic E-state index is 0.701. The fourth-order valence-corrected chi connectivity index (χ4v) is 0.547. The molecule has 0 nitrogen and oxygen atoms in total. The van der Waals surface area contributed by atoms with Gasteiger partial charge in [-0.15, -0.1) is 0 Å². The lowest BCUT2D eigenvalue weighted by molar-refractivity contribution is 1.03. The van der Waals surface area contributed by atoms with Crippen molar-refractivity contribution in [2.75, 3.05) is 0 Å². The summed E-state index contributed by atoms with van der Waals surface area (Å²) in [5, 5.41) is 0. The first-order valence-electron chi connectivity index (χ1n) is 2.28. The van der Waals surface area contributed by atoms with Gasteiger partial charge in [0, 0.05) is 12.3 Å². The van der Waals surface area contributed by atoms with Crippen LogP contribution >= 0.6 is 0 Å². The summed E-state index contributed by atoms with van der Waals surface area (Å²) >= 11 is 0. The first-order valence-corrected chi connectivity index (χ1v) is 2.28. The van der Waals surface area contributed by atoms with E-state index in [0.29, 0.717) is 6.42 Å². The van der Waals surface area contributed by atoms with Gasteiger partial charge in [-0.1, -0.05) is 5.92 Å². The third-order valence-electron chi connectivity index (χ3n) is 1.05. The van der Waals surface area contributed by atoms with E-state index in [1.807, 2.05) is 0 Å². The molecule has 0 atom stereocenters. The molecule has 0 radical (unpaired) electrons. The second kappa shape index (κ2) is 1.68. The van der Waals surface area contributed by atoms with Gasteiger partial charge < -0.3 is 6.42 Å². The summed E-state index contributed by atoms with van der Waals surface area (Å²) in [5.41, 5.74) is 0.861. The monoisotopic (exact) mass is 99.0 g/mol. The molecule has 0 aromatic carbocycles. The van der Waals surface area contributed by atoms with Crippen molar-refractivity contribution in [1.29, 1.82) is 0 Å². The minimum Gasteiger partial charge on any atom is -0.344 e. The topological polar surface area (TPSA) is 0 Å². The van der Waals surface area contributed by atoms with Crippen LogP contribution in [0.4, 0.5) is 0 Å². The lowest BCUT2D eigenvalue weighted by Crippen LogP contribution is -2.02. The fourth-order valence-electron chi connectivity index (χ4n) is 0.547. The number of hydrogen-bond donors (Lipinski definition) is 0. The highest BCUT2D eigenvalue weighted by atomic mass is 14.1. The van der Waals surface area contributed by atoms with Crippen molar-refractivity contribution in [3.8, 4) is 11.8 Å². The maximum atomic E-state index is 6.60. The predicted molar refractivity (Wildman–Crippen MR) is 30.2 cm³/mol. The van der Waals surface area contributed by atoms with Crippen LogP contribution in [0.2, 0.25) is 0 Å². The molecule has 0 aliphatic heterocycles. The van der Waals surface area contributed by atoms with Crippen molar-refractivity contribution in [3.63, 3.8) is 0 Å². The zero-order valence-electron chi connectivity index (χ0n) is 4.28. The molecule has 0 N–H and O–H groups in total. The molecule has 0 saturated heterocycles. The Labute approximate surface area is 49.6 Å². The third kappa shape index (κ3) is 0.572. The fraction of sp³-hybridized carbons (Fsp3) is 0.125. The molecule has 0 saturated carbocycles. The van der Waals surface area contributed by atoms with E-state index in [9.17, 15) is 0 Å². The zero-order valence-corrected chi connectivity index (χ0v) is 4.28. The lowest BCUT2D eigenvalue weighted by Gasteiger charge is -2.15. The first kappa shape index (κ1) is 4.88. The van der Waals surface area contributed by atoms with E-state index in [4.69, 9.17) is 12.8 Å². The average Bonchev–Trinajstić information content (AvgIpc) is 1.65.